The lowest BCUT2D eigenvalue weighted by Crippen LogP contribution is -2.50. The van der Waals surface area contributed by atoms with Crippen LogP contribution in [0.3, 0.4) is 0 Å². The Labute approximate surface area is 164 Å². The lowest BCUT2D eigenvalue weighted by atomic mass is 10.1. The van der Waals surface area contributed by atoms with E-state index in [0.717, 1.165) is 11.3 Å². The predicted octanol–water partition coefficient (Wildman–Crippen LogP) is 2.26. The first kappa shape index (κ1) is 19.5. The van der Waals surface area contributed by atoms with Crippen molar-refractivity contribution >= 4 is 23.4 Å². The molecule has 2 heterocycles. The number of rotatable bonds is 3. The predicted molar refractivity (Wildman–Crippen MR) is 106 cm³/mol. The highest BCUT2D eigenvalue weighted by Gasteiger charge is 2.23. The second kappa shape index (κ2) is 8.21. The maximum Gasteiger partial charge on any atom is 0.257 e. The highest BCUT2D eigenvalue weighted by atomic mass is 16.2. The van der Waals surface area contributed by atoms with E-state index in [1.165, 1.54) is 13.1 Å². The van der Waals surface area contributed by atoms with Gasteiger partial charge in [-0.15, -0.1) is 0 Å². The van der Waals surface area contributed by atoms with Crippen molar-refractivity contribution in [1.82, 2.24) is 14.8 Å². The van der Waals surface area contributed by atoms with Gasteiger partial charge in [0.05, 0.1) is 5.56 Å². The molecule has 1 aromatic heterocycles. The third kappa shape index (κ3) is 4.36. The van der Waals surface area contributed by atoms with Crippen LogP contribution in [0, 0.1) is 13.8 Å². The SMILES string of the molecule is CC(=O)N1CCN(C(=O)c2ccc(C)c(NC(=O)c3ccc(C)nc3)c2)CC1. The number of benzene rings is 1. The zero-order valence-corrected chi connectivity index (χ0v) is 16.4. The van der Waals surface area contributed by atoms with Crippen LogP contribution < -0.4 is 5.32 Å². The molecule has 1 aliphatic rings. The zero-order valence-electron chi connectivity index (χ0n) is 16.4. The molecular formula is C21H24N4O3. The minimum Gasteiger partial charge on any atom is -0.339 e. The maximum atomic E-state index is 12.8. The van der Waals surface area contributed by atoms with E-state index < -0.39 is 0 Å². The van der Waals surface area contributed by atoms with Gasteiger partial charge in [0.25, 0.3) is 11.8 Å². The fourth-order valence-electron chi connectivity index (χ4n) is 3.09. The molecule has 7 heteroatoms. The Kier molecular flexibility index (Phi) is 5.73. The molecular weight excluding hydrogens is 356 g/mol. The van der Waals surface area contributed by atoms with Gasteiger partial charge in [-0.2, -0.15) is 0 Å². The molecule has 0 radical (unpaired) electrons. The summed E-state index contributed by atoms with van der Waals surface area (Å²) >= 11 is 0. The molecule has 3 amide bonds. The topological polar surface area (TPSA) is 82.6 Å². The molecule has 146 valence electrons. The number of aryl methyl sites for hydroxylation is 2. The van der Waals surface area contributed by atoms with E-state index in [-0.39, 0.29) is 17.7 Å². The van der Waals surface area contributed by atoms with Crippen molar-refractivity contribution in [3.8, 4) is 0 Å². The molecule has 1 aromatic carbocycles. The molecule has 7 nitrogen and oxygen atoms in total. The summed E-state index contributed by atoms with van der Waals surface area (Å²) in [6, 6.07) is 8.79. The summed E-state index contributed by atoms with van der Waals surface area (Å²) in [4.78, 5) is 44.4. The second-order valence-corrected chi connectivity index (χ2v) is 6.97. The van der Waals surface area contributed by atoms with Crippen LogP contribution >= 0.6 is 0 Å². The summed E-state index contributed by atoms with van der Waals surface area (Å²) < 4.78 is 0. The number of aromatic nitrogens is 1. The number of hydrogen-bond acceptors (Lipinski definition) is 4. The van der Waals surface area contributed by atoms with Gasteiger partial charge in [-0.05, 0) is 43.7 Å². The molecule has 0 bridgehead atoms. The number of carbonyl (C=O) groups is 3. The first-order valence-electron chi connectivity index (χ1n) is 9.24. The van der Waals surface area contributed by atoms with E-state index in [2.05, 4.69) is 10.3 Å². The average molecular weight is 380 g/mol. The normalized spacial score (nSPS) is 14.0. The van der Waals surface area contributed by atoms with Gasteiger partial charge < -0.3 is 15.1 Å². The minimum absolute atomic E-state index is 0.0260. The van der Waals surface area contributed by atoms with Crippen molar-refractivity contribution in [1.29, 1.82) is 0 Å². The van der Waals surface area contributed by atoms with Crippen molar-refractivity contribution in [2.75, 3.05) is 31.5 Å². The molecule has 0 atom stereocenters. The van der Waals surface area contributed by atoms with Crippen LogP contribution in [0.5, 0.6) is 0 Å². The average Bonchev–Trinajstić information content (AvgIpc) is 2.69. The minimum atomic E-state index is -0.268. The molecule has 0 aliphatic carbocycles. The third-order valence-electron chi connectivity index (χ3n) is 4.92. The fourth-order valence-corrected chi connectivity index (χ4v) is 3.09. The summed E-state index contributed by atoms with van der Waals surface area (Å²) in [6.45, 7) is 7.36. The highest BCUT2D eigenvalue weighted by Crippen LogP contribution is 2.20. The van der Waals surface area contributed by atoms with Gasteiger partial charge in [0.15, 0.2) is 0 Å². The summed E-state index contributed by atoms with van der Waals surface area (Å²) in [5.74, 6) is -0.344. The number of amides is 3. The smallest absolute Gasteiger partial charge is 0.257 e. The third-order valence-corrected chi connectivity index (χ3v) is 4.92. The van der Waals surface area contributed by atoms with Crippen LogP contribution in [0.25, 0.3) is 0 Å². The largest absolute Gasteiger partial charge is 0.339 e. The zero-order chi connectivity index (χ0) is 20.3. The van der Waals surface area contributed by atoms with E-state index in [1.54, 1.807) is 34.1 Å². The quantitative estimate of drug-likeness (QED) is 0.885. The number of carbonyl (C=O) groups excluding carboxylic acids is 3. The molecule has 0 saturated carbocycles. The van der Waals surface area contributed by atoms with Crippen LogP contribution in [0.2, 0.25) is 0 Å². The molecule has 1 fully saturated rings. The van der Waals surface area contributed by atoms with Gasteiger partial charge in [-0.25, -0.2) is 0 Å². The van der Waals surface area contributed by atoms with Gasteiger partial charge in [0.1, 0.15) is 0 Å². The Morgan fingerprint density at radius 2 is 1.57 bits per heavy atom. The highest BCUT2D eigenvalue weighted by molar-refractivity contribution is 6.05. The van der Waals surface area contributed by atoms with E-state index in [9.17, 15) is 14.4 Å². The molecule has 1 aliphatic heterocycles. The van der Waals surface area contributed by atoms with Crippen LogP contribution in [0.1, 0.15) is 38.9 Å². The number of nitrogens with zero attached hydrogens (tertiary/aromatic N) is 3. The Morgan fingerprint density at radius 1 is 0.929 bits per heavy atom. The lowest BCUT2D eigenvalue weighted by Gasteiger charge is -2.34. The van der Waals surface area contributed by atoms with Gasteiger partial charge in [0, 0.05) is 56.2 Å². The van der Waals surface area contributed by atoms with Gasteiger partial charge >= 0.3 is 0 Å². The van der Waals surface area contributed by atoms with E-state index >= 15 is 0 Å². The Bertz CT molecular complexity index is 900. The number of hydrogen-bond donors (Lipinski definition) is 1. The monoisotopic (exact) mass is 380 g/mol. The summed E-state index contributed by atoms with van der Waals surface area (Å²) in [6.07, 6.45) is 1.53. The van der Waals surface area contributed by atoms with Crippen LogP contribution in [-0.4, -0.2) is 58.7 Å². The summed E-state index contributed by atoms with van der Waals surface area (Å²) in [5, 5.41) is 2.86. The molecule has 1 N–H and O–H groups in total. The molecule has 2 aromatic rings. The van der Waals surface area contributed by atoms with Crippen LogP contribution in [-0.2, 0) is 4.79 Å². The Morgan fingerprint density at radius 3 is 2.18 bits per heavy atom. The number of nitrogens with one attached hydrogen (secondary N) is 1. The van der Waals surface area contributed by atoms with Crippen LogP contribution in [0.15, 0.2) is 36.5 Å². The van der Waals surface area contributed by atoms with Crippen LogP contribution in [0.4, 0.5) is 5.69 Å². The Hall–Kier alpha value is -3.22. The molecule has 28 heavy (non-hydrogen) atoms. The van der Waals surface area contributed by atoms with Gasteiger partial charge in [-0.3, -0.25) is 19.4 Å². The summed E-state index contributed by atoms with van der Waals surface area (Å²) in [7, 11) is 0. The number of piperazine rings is 1. The Balaban J connectivity index is 1.72. The molecule has 0 unspecified atom stereocenters. The summed E-state index contributed by atoms with van der Waals surface area (Å²) in [5.41, 5.74) is 3.27. The first-order chi connectivity index (χ1) is 13.3. The van der Waals surface area contributed by atoms with Gasteiger partial charge in [-0.1, -0.05) is 6.07 Å². The second-order valence-electron chi connectivity index (χ2n) is 6.97. The van der Waals surface area contributed by atoms with E-state index in [1.807, 2.05) is 19.9 Å². The van der Waals surface area contributed by atoms with E-state index in [4.69, 9.17) is 0 Å². The molecule has 3 rings (SSSR count). The lowest BCUT2D eigenvalue weighted by molar-refractivity contribution is -0.130. The van der Waals surface area contributed by atoms with Crippen molar-refractivity contribution in [3.05, 3.63) is 58.9 Å². The van der Waals surface area contributed by atoms with Crippen molar-refractivity contribution in [2.45, 2.75) is 20.8 Å². The number of pyridine rings is 1. The first-order valence-corrected chi connectivity index (χ1v) is 9.24. The van der Waals surface area contributed by atoms with Crippen molar-refractivity contribution < 1.29 is 14.4 Å². The standard InChI is InChI=1S/C21H24N4O3/c1-14-4-6-17(21(28)25-10-8-24(9-11-25)16(3)26)12-19(14)23-20(27)18-7-5-15(2)22-13-18/h4-7,12-13H,8-11H2,1-3H3,(H,23,27). The number of anilines is 1. The van der Waals surface area contributed by atoms with Crippen molar-refractivity contribution in [2.24, 2.45) is 0 Å². The van der Waals surface area contributed by atoms with Crippen molar-refractivity contribution in [3.63, 3.8) is 0 Å². The fraction of sp³-hybridized carbons (Fsp3) is 0.333. The maximum absolute atomic E-state index is 12.8. The van der Waals surface area contributed by atoms with Gasteiger partial charge in [0.2, 0.25) is 5.91 Å². The molecule has 0 spiro atoms. The molecule has 1 saturated heterocycles. The van der Waals surface area contributed by atoms with E-state index in [0.29, 0.717) is 43.0 Å².